The lowest BCUT2D eigenvalue weighted by Gasteiger charge is -2.14. The Bertz CT molecular complexity index is 1030. The Morgan fingerprint density at radius 2 is 1.93 bits per heavy atom. The second-order valence-electron chi connectivity index (χ2n) is 6.87. The number of amidine groups is 1. The highest BCUT2D eigenvalue weighted by Gasteiger charge is 2.30. The second kappa shape index (κ2) is 7.83. The van der Waals surface area contributed by atoms with Crippen LogP contribution in [0.15, 0.2) is 53.2 Å². The molecule has 8 heteroatoms. The number of carbonyl (C=O) groups excluding carboxylic acids is 1. The molecule has 0 saturated carbocycles. The van der Waals surface area contributed by atoms with E-state index in [1.807, 2.05) is 0 Å². The van der Waals surface area contributed by atoms with Gasteiger partial charge in [0.1, 0.15) is 23.1 Å². The van der Waals surface area contributed by atoms with Crippen LogP contribution in [0.2, 0.25) is 0 Å². The summed E-state index contributed by atoms with van der Waals surface area (Å²) < 4.78 is 18.6. The van der Waals surface area contributed by atoms with Gasteiger partial charge in [-0.2, -0.15) is 0 Å². The lowest BCUT2D eigenvalue weighted by Crippen LogP contribution is -2.31. The fraction of sp³-hybridized carbons (Fsp3) is 0.238. The van der Waals surface area contributed by atoms with Gasteiger partial charge in [-0.15, -0.1) is 0 Å². The second-order valence-corrected chi connectivity index (χ2v) is 6.87. The molecule has 0 atom stereocenters. The van der Waals surface area contributed by atoms with E-state index in [-0.39, 0.29) is 28.8 Å². The molecule has 2 aromatic carbocycles. The van der Waals surface area contributed by atoms with E-state index in [0.29, 0.717) is 12.1 Å². The van der Waals surface area contributed by atoms with Crippen LogP contribution >= 0.6 is 0 Å². The van der Waals surface area contributed by atoms with Crippen LogP contribution in [0.5, 0.6) is 11.5 Å². The maximum Gasteiger partial charge on any atom is 0.312 e. The first kappa shape index (κ1) is 18.8. The Morgan fingerprint density at radius 3 is 2.69 bits per heavy atom. The first-order valence-electron chi connectivity index (χ1n) is 9.34. The highest BCUT2D eigenvalue weighted by molar-refractivity contribution is 6.14. The van der Waals surface area contributed by atoms with Crippen LogP contribution in [-0.4, -0.2) is 28.1 Å². The highest BCUT2D eigenvalue weighted by atomic mass is 19.1. The maximum atomic E-state index is 13.0. The smallest absolute Gasteiger partial charge is 0.312 e. The van der Waals surface area contributed by atoms with Gasteiger partial charge in [-0.25, -0.2) is 9.38 Å². The molecule has 1 saturated heterocycles. The maximum absolute atomic E-state index is 13.0. The number of ether oxygens (including phenoxy) is 1. The van der Waals surface area contributed by atoms with Gasteiger partial charge in [-0.3, -0.25) is 19.8 Å². The lowest BCUT2D eigenvalue weighted by molar-refractivity contribution is -0.385. The minimum absolute atomic E-state index is 0.0294. The third-order valence-electron chi connectivity index (χ3n) is 4.83. The molecule has 0 radical (unpaired) electrons. The molecule has 0 bridgehead atoms. The van der Waals surface area contributed by atoms with E-state index in [0.717, 1.165) is 31.5 Å². The van der Waals surface area contributed by atoms with Crippen LogP contribution in [0.1, 0.15) is 31.2 Å². The van der Waals surface area contributed by atoms with Crippen molar-refractivity contribution in [1.29, 1.82) is 0 Å². The molecule has 0 aromatic heterocycles. The molecule has 4 rings (SSSR count). The molecular formula is C21H18FN3O4. The molecule has 148 valence electrons. The summed E-state index contributed by atoms with van der Waals surface area (Å²) in [6.07, 6.45) is 5.32. The number of halogens is 1. The summed E-state index contributed by atoms with van der Waals surface area (Å²) in [6, 6.07) is 9.61. The summed E-state index contributed by atoms with van der Waals surface area (Å²) in [4.78, 5) is 29.7. The number of amides is 1. The van der Waals surface area contributed by atoms with Gasteiger partial charge in [0.05, 0.1) is 4.92 Å². The zero-order valence-electron chi connectivity index (χ0n) is 15.5. The summed E-state index contributed by atoms with van der Waals surface area (Å²) in [7, 11) is 0. The molecule has 2 aliphatic heterocycles. The van der Waals surface area contributed by atoms with Gasteiger partial charge in [-0.1, -0.05) is 12.5 Å². The first-order chi connectivity index (χ1) is 14.0. The summed E-state index contributed by atoms with van der Waals surface area (Å²) in [5.74, 6) is 0.483. The molecule has 0 N–H and O–H groups in total. The van der Waals surface area contributed by atoms with E-state index >= 15 is 0 Å². The number of hydrogen-bond donors (Lipinski definition) is 0. The fourth-order valence-electron chi connectivity index (χ4n) is 3.39. The van der Waals surface area contributed by atoms with Crippen LogP contribution in [0.25, 0.3) is 6.08 Å². The number of hydrogen-bond acceptors (Lipinski definition) is 5. The van der Waals surface area contributed by atoms with Crippen LogP contribution in [0, 0.1) is 15.9 Å². The minimum Gasteiger partial charge on any atom is -0.450 e. The number of nitro benzene ring substituents is 1. The van der Waals surface area contributed by atoms with Gasteiger partial charge in [0.15, 0.2) is 0 Å². The first-order valence-corrected chi connectivity index (χ1v) is 9.34. The average molecular weight is 395 g/mol. The van der Waals surface area contributed by atoms with Crippen LogP contribution < -0.4 is 4.74 Å². The third-order valence-corrected chi connectivity index (χ3v) is 4.83. The molecule has 2 aromatic rings. The molecule has 2 aliphatic rings. The van der Waals surface area contributed by atoms with Crippen molar-refractivity contribution < 1.29 is 18.8 Å². The monoisotopic (exact) mass is 395 g/mol. The van der Waals surface area contributed by atoms with E-state index in [4.69, 9.17) is 4.74 Å². The van der Waals surface area contributed by atoms with Crippen molar-refractivity contribution in [3.63, 3.8) is 0 Å². The van der Waals surface area contributed by atoms with Crippen LogP contribution in [0.3, 0.4) is 0 Å². The van der Waals surface area contributed by atoms with Gasteiger partial charge >= 0.3 is 5.69 Å². The third kappa shape index (κ3) is 4.01. The Balaban J connectivity index is 1.63. The van der Waals surface area contributed by atoms with Crippen LogP contribution in [0.4, 0.5) is 10.1 Å². The summed E-state index contributed by atoms with van der Waals surface area (Å²) in [5.41, 5.74) is 0.508. The molecule has 29 heavy (non-hydrogen) atoms. The number of aliphatic imine (C=N–C) groups is 1. The van der Waals surface area contributed by atoms with Crippen molar-refractivity contribution in [2.45, 2.75) is 25.7 Å². The highest BCUT2D eigenvalue weighted by Crippen LogP contribution is 2.33. The Kier molecular flexibility index (Phi) is 5.07. The van der Waals surface area contributed by atoms with Crippen molar-refractivity contribution in [2.24, 2.45) is 4.99 Å². The van der Waals surface area contributed by atoms with Crippen molar-refractivity contribution >= 4 is 23.5 Å². The SMILES string of the molecule is O=C1C(=Cc2ccc(Oc3ccc(F)cc3)c([N+](=O)[O-])c2)N=C2CCCCCN12. The van der Waals surface area contributed by atoms with E-state index in [1.165, 1.54) is 36.4 Å². The zero-order valence-corrected chi connectivity index (χ0v) is 15.5. The van der Waals surface area contributed by atoms with E-state index < -0.39 is 10.7 Å². The van der Waals surface area contributed by atoms with Crippen molar-refractivity contribution in [3.8, 4) is 11.5 Å². The Morgan fingerprint density at radius 1 is 1.14 bits per heavy atom. The number of rotatable bonds is 4. The van der Waals surface area contributed by atoms with Gasteiger partial charge < -0.3 is 4.74 Å². The predicted molar refractivity (Wildman–Crippen MR) is 105 cm³/mol. The van der Waals surface area contributed by atoms with E-state index in [1.54, 1.807) is 17.0 Å². The van der Waals surface area contributed by atoms with Gasteiger partial charge in [0, 0.05) is 19.0 Å². The van der Waals surface area contributed by atoms with Crippen LogP contribution in [-0.2, 0) is 4.79 Å². The van der Waals surface area contributed by atoms with Gasteiger partial charge in [0.25, 0.3) is 5.91 Å². The number of nitro groups is 1. The summed E-state index contributed by atoms with van der Waals surface area (Å²) in [5, 5.41) is 11.5. The average Bonchev–Trinajstić information content (AvgIpc) is 2.86. The number of carbonyl (C=O) groups is 1. The molecular weight excluding hydrogens is 377 g/mol. The molecule has 1 fully saturated rings. The van der Waals surface area contributed by atoms with Crippen molar-refractivity contribution in [3.05, 3.63) is 69.7 Å². The molecule has 1 amide bonds. The topological polar surface area (TPSA) is 85.0 Å². The normalized spacial score (nSPS) is 17.7. The number of fused-ring (bicyclic) bond motifs is 1. The molecule has 2 heterocycles. The van der Waals surface area contributed by atoms with Crippen molar-refractivity contribution in [1.82, 2.24) is 4.90 Å². The lowest BCUT2D eigenvalue weighted by atomic mass is 10.1. The van der Waals surface area contributed by atoms with Gasteiger partial charge in [0.2, 0.25) is 5.75 Å². The Hall–Kier alpha value is -3.55. The van der Waals surface area contributed by atoms with Crippen molar-refractivity contribution in [2.75, 3.05) is 6.54 Å². The van der Waals surface area contributed by atoms with Gasteiger partial charge in [-0.05, 0) is 54.8 Å². The molecule has 0 spiro atoms. The fourth-order valence-corrected chi connectivity index (χ4v) is 3.39. The predicted octanol–water partition coefficient (Wildman–Crippen LogP) is 4.68. The summed E-state index contributed by atoms with van der Waals surface area (Å²) >= 11 is 0. The quantitative estimate of drug-likeness (QED) is 0.427. The number of benzene rings is 2. The standard InChI is InChI=1S/C21H18FN3O4/c22-15-6-8-16(9-7-15)29-19-10-5-14(13-18(19)25(27)28)12-17-21(26)24-11-3-1-2-4-20(24)23-17/h5-10,12-13H,1-4,11H2. The Labute approximate surface area is 166 Å². The largest absolute Gasteiger partial charge is 0.450 e. The minimum atomic E-state index is -0.559. The van der Waals surface area contributed by atoms with E-state index in [9.17, 15) is 19.3 Å². The van der Waals surface area contributed by atoms with E-state index in [2.05, 4.69) is 4.99 Å². The zero-order chi connectivity index (χ0) is 20.4. The molecule has 7 nitrogen and oxygen atoms in total. The number of nitrogens with zero attached hydrogens (tertiary/aromatic N) is 3. The molecule has 0 aliphatic carbocycles. The summed E-state index contributed by atoms with van der Waals surface area (Å²) in [6.45, 7) is 0.652. The molecule has 0 unspecified atom stereocenters.